The standard InChI is InChI=1S/C17H35NO.C17H37N.C15H32N2O2/c1-15(2)11-10-13-17(19)12-8-6-5-7-9-14-18-16(3)4;1-16(2)14-12-10-8-6-5-7-9-11-13-15-18-17(3)4;1-12(2)10-15(5,6)11-19-14(18)17-9-7-8-16-13(3)4/h15-16,18H,5-14H2,1-4H3;16-18H,5-15H2,1-4H3;12-13,16H,7-11H2,1-6H3,(H,17,18). The van der Waals surface area contributed by atoms with Crippen molar-refractivity contribution in [1.82, 2.24) is 21.3 Å². The lowest BCUT2D eigenvalue weighted by Gasteiger charge is -2.26. The predicted octanol–water partition coefficient (Wildman–Crippen LogP) is 13.4. The van der Waals surface area contributed by atoms with Gasteiger partial charge in [0.2, 0.25) is 0 Å². The number of Topliss-reactive ketones (excluding diaryl/α,β-unsaturated/α-hetero) is 1. The maximum Gasteiger partial charge on any atom is 0.407 e. The van der Waals surface area contributed by atoms with Gasteiger partial charge in [-0.2, -0.15) is 0 Å². The number of amides is 1. The summed E-state index contributed by atoms with van der Waals surface area (Å²) >= 11 is 0. The van der Waals surface area contributed by atoms with Crippen LogP contribution in [0.1, 0.15) is 232 Å². The summed E-state index contributed by atoms with van der Waals surface area (Å²) in [5, 5.41) is 13.0. The maximum absolute atomic E-state index is 11.6. The van der Waals surface area contributed by atoms with Crippen molar-refractivity contribution in [3.05, 3.63) is 0 Å². The quantitative estimate of drug-likeness (QED) is 0.0478. The Hall–Kier alpha value is -1.18. The third-order valence-corrected chi connectivity index (χ3v) is 9.66. The summed E-state index contributed by atoms with van der Waals surface area (Å²) in [6.07, 6.45) is 26.0. The molecule has 0 aromatic carbocycles. The molecule has 0 unspecified atom stereocenters. The van der Waals surface area contributed by atoms with E-state index in [-0.39, 0.29) is 11.5 Å². The number of ether oxygens (including phenoxy) is 1. The van der Waals surface area contributed by atoms with Crippen LogP contribution in [0.15, 0.2) is 0 Å². The van der Waals surface area contributed by atoms with Crippen LogP contribution in [-0.2, 0) is 9.53 Å². The minimum atomic E-state index is -0.304. The van der Waals surface area contributed by atoms with E-state index < -0.39 is 0 Å². The van der Waals surface area contributed by atoms with Crippen molar-refractivity contribution in [3.63, 3.8) is 0 Å². The van der Waals surface area contributed by atoms with Crippen LogP contribution < -0.4 is 21.3 Å². The SMILES string of the molecule is CC(C)CC(C)(C)COC(=O)NCCCNC(C)C.CC(C)CCCC(=O)CCCCCCCNC(C)C.CC(C)CCCCCCCCCCCNC(C)C. The number of nitrogens with one attached hydrogen (secondary N) is 4. The van der Waals surface area contributed by atoms with E-state index in [1.54, 1.807) is 0 Å². The molecule has 4 N–H and O–H groups in total. The topological polar surface area (TPSA) is 91.5 Å². The van der Waals surface area contributed by atoms with Gasteiger partial charge in [0.15, 0.2) is 0 Å². The lowest BCUT2D eigenvalue weighted by atomic mass is 9.85. The third-order valence-electron chi connectivity index (χ3n) is 9.66. The van der Waals surface area contributed by atoms with Gasteiger partial charge in [-0.15, -0.1) is 0 Å². The monoisotopic (exact) mass is 797 g/mol. The number of ketones is 1. The zero-order valence-corrected chi connectivity index (χ0v) is 40.6. The van der Waals surface area contributed by atoms with Crippen LogP contribution in [0, 0.1) is 23.2 Å². The van der Waals surface area contributed by atoms with Crippen LogP contribution in [0.4, 0.5) is 4.79 Å². The molecule has 0 aromatic heterocycles. The average molecular weight is 797 g/mol. The fourth-order valence-corrected chi connectivity index (χ4v) is 6.65. The van der Waals surface area contributed by atoms with Crippen LogP contribution in [0.5, 0.6) is 0 Å². The predicted molar refractivity (Wildman–Crippen MR) is 249 cm³/mol. The molecule has 0 atom stereocenters. The number of carbonyl (C=O) groups excluding carboxylic acids is 2. The molecule has 7 nitrogen and oxygen atoms in total. The molecule has 7 heteroatoms. The van der Waals surface area contributed by atoms with Gasteiger partial charge >= 0.3 is 6.09 Å². The molecule has 0 spiro atoms. The van der Waals surface area contributed by atoms with Crippen molar-refractivity contribution in [2.45, 2.75) is 250 Å². The number of hydrogen-bond donors (Lipinski definition) is 4. The lowest BCUT2D eigenvalue weighted by molar-refractivity contribution is -0.119. The van der Waals surface area contributed by atoms with Crippen LogP contribution in [0.25, 0.3) is 0 Å². The Balaban J connectivity index is -0.000000753. The highest BCUT2D eigenvalue weighted by molar-refractivity contribution is 5.78. The summed E-state index contributed by atoms with van der Waals surface area (Å²) < 4.78 is 5.26. The zero-order chi connectivity index (χ0) is 43.0. The lowest BCUT2D eigenvalue weighted by Crippen LogP contribution is -2.32. The molecule has 0 radical (unpaired) electrons. The molecule has 1 amide bonds. The Labute approximate surface area is 352 Å². The summed E-state index contributed by atoms with van der Waals surface area (Å²) in [5.41, 5.74) is 0.0463. The van der Waals surface area contributed by atoms with Gasteiger partial charge in [-0.05, 0) is 81.3 Å². The van der Waals surface area contributed by atoms with E-state index in [2.05, 4.69) is 118 Å². The highest BCUT2D eigenvalue weighted by Crippen LogP contribution is 2.25. The fraction of sp³-hybridized carbons (Fsp3) is 0.959. The van der Waals surface area contributed by atoms with Crippen molar-refractivity contribution >= 4 is 11.9 Å². The first-order chi connectivity index (χ1) is 26.4. The van der Waals surface area contributed by atoms with E-state index in [4.69, 9.17) is 4.74 Å². The minimum absolute atomic E-state index is 0.0463. The summed E-state index contributed by atoms with van der Waals surface area (Å²) in [4.78, 5) is 23.1. The van der Waals surface area contributed by atoms with Gasteiger partial charge in [0.05, 0.1) is 6.61 Å². The molecule has 0 bridgehead atoms. The molecule has 0 rings (SSSR count). The Bertz CT molecular complexity index is 808. The number of unbranched alkanes of at least 4 members (excludes halogenated alkanes) is 12. The van der Waals surface area contributed by atoms with Gasteiger partial charge in [0, 0.05) is 37.5 Å². The molecule has 0 aromatic rings. The van der Waals surface area contributed by atoms with Crippen LogP contribution in [0.2, 0.25) is 0 Å². The van der Waals surface area contributed by atoms with Crippen LogP contribution in [-0.4, -0.2) is 62.8 Å². The Kier molecular flexibility index (Phi) is 44.3. The van der Waals surface area contributed by atoms with Gasteiger partial charge in [0.1, 0.15) is 5.78 Å². The summed E-state index contributed by atoms with van der Waals surface area (Å²) in [6, 6.07) is 1.74. The van der Waals surface area contributed by atoms with E-state index in [1.165, 1.54) is 103 Å². The molecular weight excluding hydrogens is 693 g/mol. The largest absolute Gasteiger partial charge is 0.449 e. The first-order valence-corrected chi connectivity index (χ1v) is 24.0. The maximum atomic E-state index is 11.6. The van der Waals surface area contributed by atoms with Crippen molar-refractivity contribution in [3.8, 4) is 0 Å². The second-order valence-electron chi connectivity index (χ2n) is 19.7. The first-order valence-electron chi connectivity index (χ1n) is 24.0. The minimum Gasteiger partial charge on any atom is -0.449 e. The molecule has 0 saturated heterocycles. The van der Waals surface area contributed by atoms with Gasteiger partial charge < -0.3 is 26.0 Å². The van der Waals surface area contributed by atoms with Crippen molar-refractivity contribution in [2.24, 2.45) is 23.2 Å². The first kappa shape index (κ1) is 59.1. The van der Waals surface area contributed by atoms with Gasteiger partial charge in [0.25, 0.3) is 0 Å². The van der Waals surface area contributed by atoms with Crippen molar-refractivity contribution in [1.29, 1.82) is 0 Å². The molecule has 56 heavy (non-hydrogen) atoms. The van der Waals surface area contributed by atoms with Gasteiger partial charge in [-0.3, -0.25) is 4.79 Å². The number of carbonyl (C=O) groups is 2. The molecular formula is C49H104N4O3. The number of alkyl carbamates (subject to hydrolysis) is 1. The number of hydrogen-bond acceptors (Lipinski definition) is 6. The molecule has 338 valence electrons. The average Bonchev–Trinajstić information content (AvgIpc) is 3.08. The van der Waals surface area contributed by atoms with Crippen molar-refractivity contribution < 1.29 is 14.3 Å². The Morgan fingerprint density at radius 3 is 1.25 bits per heavy atom. The fourth-order valence-electron chi connectivity index (χ4n) is 6.65. The van der Waals surface area contributed by atoms with Crippen LogP contribution >= 0.6 is 0 Å². The number of rotatable bonds is 35. The molecule has 0 heterocycles. The summed E-state index contributed by atoms with van der Waals surface area (Å²) in [5.74, 6) is 2.71. The van der Waals surface area contributed by atoms with E-state index in [9.17, 15) is 9.59 Å². The molecule has 0 saturated carbocycles. The normalized spacial score (nSPS) is 11.7. The van der Waals surface area contributed by atoms with Gasteiger partial charge in [-0.25, -0.2) is 4.79 Å². The second-order valence-corrected chi connectivity index (χ2v) is 19.7. The smallest absolute Gasteiger partial charge is 0.407 e. The second kappa shape index (κ2) is 42.0. The Morgan fingerprint density at radius 1 is 0.446 bits per heavy atom. The highest BCUT2D eigenvalue weighted by Gasteiger charge is 2.21. The molecule has 0 aliphatic carbocycles. The highest BCUT2D eigenvalue weighted by atomic mass is 16.5. The molecule has 0 fully saturated rings. The Morgan fingerprint density at radius 2 is 0.821 bits per heavy atom. The summed E-state index contributed by atoms with van der Waals surface area (Å²) in [6.45, 7) is 35.1. The van der Waals surface area contributed by atoms with E-state index in [1.807, 2.05) is 0 Å². The van der Waals surface area contributed by atoms with E-state index >= 15 is 0 Å². The van der Waals surface area contributed by atoms with E-state index in [0.717, 1.165) is 63.5 Å². The third kappa shape index (κ3) is 57.1. The van der Waals surface area contributed by atoms with Gasteiger partial charge in [-0.1, -0.05) is 180 Å². The molecule has 0 aliphatic heterocycles. The molecule has 0 aliphatic rings. The zero-order valence-electron chi connectivity index (χ0n) is 40.6. The summed E-state index contributed by atoms with van der Waals surface area (Å²) in [7, 11) is 0. The van der Waals surface area contributed by atoms with Crippen molar-refractivity contribution in [2.75, 3.05) is 32.8 Å². The van der Waals surface area contributed by atoms with Crippen LogP contribution in [0.3, 0.4) is 0 Å². The van der Waals surface area contributed by atoms with E-state index in [0.29, 0.717) is 43.0 Å².